The van der Waals surface area contributed by atoms with Crippen molar-refractivity contribution in [2.75, 3.05) is 11.9 Å². The number of nitrogens with one attached hydrogen (secondary N) is 2. The van der Waals surface area contributed by atoms with Gasteiger partial charge in [-0.1, -0.05) is 26.8 Å². The smallest absolute Gasteiger partial charge is 0.278 e. The Labute approximate surface area is 196 Å². The summed E-state index contributed by atoms with van der Waals surface area (Å²) in [4.78, 5) is 26.7. The zero-order chi connectivity index (χ0) is 24.0. The topological polar surface area (TPSA) is 89.7 Å². The van der Waals surface area contributed by atoms with Crippen LogP contribution in [-0.4, -0.2) is 30.9 Å². The molecule has 1 aromatic carbocycles. The Kier molecular flexibility index (Phi) is 5.44. The molecule has 8 nitrogen and oxygen atoms in total. The lowest BCUT2D eigenvalue weighted by atomic mass is 9.91. The van der Waals surface area contributed by atoms with E-state index in [0.29, 0.717) is 35.0 Å². The summed E-state index contributed by atoms with van der Waals surface area (Å²) in [6.07, 6.45) is 2.54. The second-order valence-electron chi connectivity index (χ2n) is 9.55. The Morgan fingerprint density at radius 3 is 2.74 bits per heavy atom. The highest BCUT2D eigenvalue weighted by Crippen LogP contribution is 2.26. The molecule has 0 radical (unpaired) electrons. The van der Waals surface area contributed by atoms with Crippen molar-refractivity contribution in [1.29, 1.82) is 0 Å². The van der Waals surface area contributed by atoms with Gasteiger partial charge in [0.1, 0.15) is 11.2 Å². The van der Waals surface area contributed by atoms with Gasteiger partial charge in [-0.15, -0.1) is 0 Å². The quantitative estimate of drug-likeness (QED) is 0.480. The number of hydrogen-bond donors (Lipinski definition) is 2. The molecule has 5 rings (SSSR count). The van der Waals surface area contributed by atoms with Crippen LogP contribution in [0.1, 0.15) is 44.5 Å². The van der Waals surface area contributed by atoms with E-state index in [0.717, 1.165) is 25.2 Å². The first-order chi connectivity index (χ1) is 16.3. The van der Waals surface area contributed by atoms with Crippen molar-refractivity contribution < 1.29 is 4.39 Å². The summed E-state index contributed by atoms with van der Waals surface area (Å²) in [5.41, 5.74) is 3.50. The summed E-state index contributed by atoms with van der Waals surface area (Å²) in [5, 5.41) is 7.02. The zero-order valence-corrected chi connectivity index (χ0v) is 19.8. The lowest BCUT2D eigenvalue weighted by molar-refractivity contribution is 0.495. The Balaban J connectivity index is 1.62. The Bertz CT molecular complexity index is 1450. The van der Waals surface area contributed by atoms with Gasteiger partial charge in [0, 0.05) is 30.4 Å². The third-order valence-corrected chi connectivity index (χ3v) is 6.08. The van der Waals surface area contributed by atoms with E-state index in [4.69, 9.17) is 0 Å². The van der Waals surface area contributed by atoms with Crippen molar-refractivity contribution in [1.82, 2.24) is 29.6 Å². The average Bonchev–Trinajstić information content (AvgIpc) is 3.09. The molecule has 1 aliphatic rings. The Hall–Kier alpha value is -3.59. The van der Waals surface area contributed by atoms with E-state index in [2.05, 4.69) is 37.7 Å². The molecule has 0 amide bonds. The minimum Gasteiger partial charge on any atom is -0.324 e. The first-order valence-electron chi connectivity index (χ1n) is 11.5. The van der Waals surface area contributed by atoms with Crippen molar-refractivity contribution in [3.05, 3.63) is 69.5 Å². The summed E-state index contributed by atoms with van der Waals surface area (Å²) in [6.45, 7) is 9.80. The van der Waals surface area contributed by atoms with Gasteiger partial charge in [0.05, 0.1) is 5.69 Å². The molecule has 0 spiro atoms. The molecule has 34 heavy (non-hydrogen) atoms. The molecule has 0 fully saturated rings. The highest BCUT2D eigenvalue weighted by molar-refractivity contribution is 5.77. The highest BCUT2D eigenvalue weighted by atomic mass is 19.1. The number of rotatable bonds is 4. The summed E-state index contributed by atoms with van der Waals surface area (Å²) < 4.78 is 17.7. The second-order valence-corrected chi connectivity index (χ2v) is 9.55. The average molecular weight is 462 g/mol. The molecule has 0 saturated heterocycles. The van der Waals surface area contributed by atoms with Crippen LogP contribution in [0.3, 0.4) is 0 Å². The lowest BCUT2D eigenvalue weighted by Gasteiger charge is -2.20. The van der Waals surface area contributed by atoms with Crippen LogP contribution in [0.5, 0.6) is 0 Å². The Morgan fingerprint density at radius 1 is 1.15 bits per heavy atom. The van der Waals surface area contributed by atoms with Crippen molar-refractivity contribution in [3.63, 3.8) is 0 Å². The van der Waals surface area contributed by atoms with Crippen molar-refractivity contribution >= 4 is 22.7 Å². The predicted octanol–water partition coefficient (Wildman–Crippen LogP) is 3.82. The molecule has 2 N–H and O–H groups in total. The number of pyridine rings is 1. The zero-order valence-electron chi connectivity index (χ0n) is 19.8. The van der Waals surface area contributed by atoms with Crippen LogP contribution in [0.15, 0.2) is 41.3 Å². The fourth-order valence-electron chi connectivity index (χ4n) is 4.37. The summed E-state index contributed by atoms with van der Waals surface area (Å²) in [6, 6.07) is 9.19. The largest absolute Gasteiger partial charge is 0.324 e. The summed E-state index contributed by atoms with van der Waals surface area (Å²) >= 11 is 0. The third-order valence-electron chi connectivity index (χ3n) is 6.08. The first kappa shape index (κ1) is 22.2. The molecule has 1 aliphatic heterocycles. The van der Waals surface area contributed by atoms with E-state index in [1.165, 1.54) is 23.4 Å². The monoisotopic (exact) mass is 461 g/mol. The number of benzene rings is 1. The van der Waals surface area contributed by atoms with E-state index in [1.807, 2.05) is 33.8 Å². The number of halogens is 1. The maximum Gasteiger partial charge on any atom is 0.278 e. The van der Waals surface area contributed by atoms with Crippen LogP contribution in [0.2, 0.25) is 0 Å². The molecule has 4 heterocycles. The number of nitrogens with zero attached hydrogens (tertiary/aromatic N) is 5. The molecular formula is C25H28FN7O. The highest BCUT2D eigenvalue weighted by Gasteiger charge is 2.23. The fourth-order valence-corrected chi connectivity index (χ4v) is 4.37. The maximum atomic E-state index is 14.5. The van der Waals surface area contributed by atoms with Gasteiger partial charge in [0.15, 0.2) is 11.5 Å². The van der Waals surface area contributed by atoms with Gasteiger partial charge in [0.25, 0.3) is 5.56 Å². The van der Waals surface area contributed by atoms with Gasteiger partial charge in [-0.25, -0.2) is 23.7 Å². The van der Waals surface area contributed by atoms with Crippen LogP contribution in [-0.2, 0) is 24.9 Å². The molecule has 0 bridgehead atoms. The van der Waals surface area contributed by atoms with Gasteiger partial charge in [-0.2, -0.15) is 4.98 Å². The van der Waals surface area contributed by atoms with Crippen molar-refractivity contribution in [2.24, 2.45) is 0 Å². The van der Waals surface area contributed by atoms with Gasteiger partial charge < -0.3 is 10.6 Å². The molecule has 176 valence electrons. The standard InChI is InChI=1S/C25H28FN7O/c1-5-32-23(34)18-14-28-24(29-17-7-6-15-10-11-27-13-16(15)12-17)31-22(18)33(32)20-9-8-19(26)21(30-20)25(2,3)4/h6-9,12,14,27H,5,10-11,13H2,1-4H3,(H,28,29,31). The normalized spacial score (nSPS) is 13.8. The van der Waals surface area contributed by atoms with E-state index < -0.39 is 5.41 Å². The molecule has 0 atom stereocenters. The molecular weight excluding hydrogens is 433 g/mol. The van der Waals surface area contributed by atoms with Gasteiger partial charge in [-0.3, -0.25) is 4.79 Å². The van der Waals surface area contributed by atoms with Gasteiger partial charge in [-0.05, 0) is 55.3 Å². The van der Waals surface area contributed by atoms with Crippen LogP contribution in [0.25, 0.3) is 16.9 Å². The Morgan fingerprint density at radius 2 is 1.97 bits per heavy atom. The number of anilines is 2. The van der Waals surface area contributed by atoms with Gasteiger partial charge in [0.2, 0.25) is 5.95 Å². The summed E-state index contributed by atoms with van der Waals surface area (Å²) in [7, 11) is 0. The molecule has 0 aliphatic carbocycles. The van der Waals surface area contributed by atoms with Crippen LogP contribution in [0, 0.1) is 5.82 Å². The van der Waals surface area contributed by atoms with Gasteiger partial charge >= 0.3 is 0 Å². The minimum absolute atomic E-state index is 0.215. The predicted molar refractivity (Wildman–Crippen MR) is 130 cm³/mol. The number of fused-ring (bicyclic) bond motifs is 2. The first-order valence-corrected chi connectivity index (χ1v) is 11.5. The van der Waals surface area contributed by atoms with E-state index >= 15 is 0 Å². The molecule has 4 aromatic rings. The van der Waals surface area contributed by atoms with Crippen molar-refractivity contribution in [3.8, 4) is 5.82 Å². The molecule has 3 aromatic heterocycles. The van der Waals surface area contributed by atoms with E-state index in [1.54, 1.807) is 15.4 Å². The molecule has 0 unspecified atom stereocenters. The molecule has 9 heteroatoms. The van der Waals surface area contributed by atoms with E-state index in [-0.39, 0.29) is 11.4 Å². The lowest BCUT2D eigenvalue weighted by Crippen LogP contribution is -2.23. The van der Waals surface area contributed by atoms with Crippen LogP contribution < -0.4 is 16.2 Å². The van der Waals surface area contributed by atoms with Crippen LogP contribution in [0.4, 0.5) is 16.0 Å². The fraction of sp³-hybridized carbons (Fsp3) is 0.360. The number of aromatic nitrogens is 5. The van der Waals surface area contributed by atoms with Crippen molar-refractivity contribution in [2.45, 2.75) is 52.6 Å². The van der Waals surface area contributed by atoms with Crippen LogP contribution >= 0.6 is 0 Å². The summed E-state index contributed by atoms with van der Waals surface area (Å²) in [5.74, 6) is 0.429. The minimum atomic E-state index is -0.497. The third kappa shape index (κ3) is 3.86. The molecule has 0 saturated carbocycles. The van der Waals surface area contributed by atoms with E-state index in [9.17, 15) is 9.18 Å². The second kappa shape index (κ2) is 8.32. The number of hydrogen-bond acceptors (Lipinski definition) is 6. The SMILES string of the molecule is CCn1c(=O)c2cnc(Nc3ccc4c(c3)CNCC4)nc2n1-c1ccc(F)c(C(C)(C)C)n1. The maximum absolute atomic E-state index is 14.5.